The van der Waals surface area contributed by atoms with Gasteiger partial charge in [0.2, 0.25) is 0 Å². The van der Waals surface area contributed by atoms with Crippen LogP contribution < -0.4 is 5.73 Å². The molecule has 2 heterocycles. The Kier molecular flexibility index (Phi) is 2.93. The third kappa shape index (κ3) is 2.00. The third-order valence-corrected chi connectivity index (χ3v) is 5.80. The minimum Gasteiger partial charge on any atom is -0.333 e. The van der Waals surface area contributed by atoms with Crippen LogP contribution in [0.2, 0.25) is 0 Å². The highest BCUT2D eigenvalue weighted by molar-refractivity contribution is 7.15. The fraction of sp³-hybridized carbons (Fsp3) is 0.600. The summed E-state index contributed by atoms with van der Waals surface area (Å²) >= 11 is 1.81. The molecule has 0 saturated heterocycles. The summed E-state index contributed by atoms with van der Waals surface area (Å²) in [5.74, 6) is 1.34. The van der Waals surface area contributed by atoms with Crippen LogP contribution in [0.4, 0.5) is 0 Å². The number of hydrogen-bond donors (Lipinski definition) is 1. The normalized spacial score (nSPS) is 21.1. The predicted molar refractivity (Wildman–Crippen MR) is 78.6 cm³/mol. The molecule has 0 amide bonds. The second-order valence-electron chi connectivity index (χ2n) is 6.05. The van der Waals surface area contributed by atoms with Gasteiger partial charge in [0.05, 0.1) is 10.4 Å². The SMILES string of the molecule is NC1(c2noc(-c3cc4c(s3)CCCC4)n2)CCCC1. The topological polar surface area (TPSA) is 64.9 Å². The Bertz CT molecular complexity index is 601. The molecule has 2 aromatic rings. The van der Waals surface area contributed by atoms with Crippen LogP contribution in [-0.2, 0) is 18.4 Å². The van der Waals surface area contributed by atoms with E-state index in [9.17, 15) is 0 Å². The molecule has 1 fully saturated rings. The summed E-state index contributed by atoms with van der Waals surface area (Å²) in [7, 11) is 0. The van der Waals surface area contributed by atoms with Gasteiger partial charge in [0.15, 0.2) is 5.82 Å². The van der Waals surface area contributed by atoms with Crippen LogP contribution in [0.3, 0.4) is 0 Å². The Morgan fingerprint density at radius 2 is 1.95 bits per heavy atom. The molecule has 1 saturated carbocycles. The molecule has 2 N–H and O–H groups in total. The van der Waals surface area contributed by atoms with Gasteiger partial charge < -0.3 is 10.3 Å². The van der Waals surface area contributed by atoms with Gasteiger partial charge in [-0.25, -0.2) is 0 Å². The predicted octanol–water partition coefficient (Wildman–Crippen LogP) is 3.40. The molecule has 0 radical (unpaired) electrons. The Balaban J connectivity index is 1.66. The summed E-state index contributed by atoms with van der Waals surface area (Å²) < 4.78 is 5.48. The van der Waals surface area contributed by atoms with Crippen molar-refractivity contribution in [3.05, 3.63) is 22.3 Å². The molecule has 20 heavy (non-hydrogen) atoms. The average molecular weight is 289 g/mol. The highest BCUT2D eigenvalue weighted by atomic mass is 32.1. The van der Waals surface area contributed by atoms with E-state index in [0.717, 1.165) is 30.6 Å². The van der Waals surface area contributed by atoms with Crippen LogP contribution in [0.1, 0.15) is 54.8 Å². The third-order valence-electron chi connectivity index (χ3n) is 4.57. The zero-order valence-electron chi connectivity index (χ0n) is 11.5. The first kappa shape index (κ1) is 12.5. The van der Waals surface area contributed by atoms with Gasteiger partial charge in [-0.15, -0.1) is 11.3 Å². The molecule has 0 spiro atoms. The number of hydrogen-bond acceptors (Lipinski definition) is 5. The van der Waals surface area contributed by atoms with E-state index in [1.807, 2.05) is 0 Å². The largest absolute Gasteiger partial charge is 0.333 e. The maximum absolute atomic E-state index is 6.39. The van der Waals surface area contributed by atoms with Crippen LogP contribution in [-0.4, -0.2) is 10.1 Å². The second-order valence-corrected chi connectivity index (χ2v) is 7.19. The van der Waals surface area contributed by atoms with E-state index in [4.69, 9.17) is 10.3 Å². The molecule has 4 rings (SSSR count). The van der Waals surface area contributed by atoms with Gasteiger partial charge in [-0.2, -0.15) is 4.98 Å². The minimum absolute atomic E-state index is 0.362. The van der Waals surface area contributed by atoms with E-state index >= 15 is 0 Å². The highest BCUT2D eigenvalue weighted by Gasteiger charge is 2.36. The summed E-state index contributed by atoms with van der Waals surface area (Å²) in [6.07, 6.45) is 9.23. The fourth-order valence-electron chi connectivity index (χ4n) is 3.35. The lowest BCUT2D eigenvalue weighted by Crippen LogP contribution is -2.34. The van der Waals surface area contributed by atoms with Crippen molar-refractivity contribution >= 4 is 11.3 Å². The van der Waals surface area contributed by atoms with Gasteiger partial charge in [0.1, 0.15) is 0 Å². The van der Waals surface area contributed by atoms with E-state index in [-0.39, 0.29) is 5.54 Å². The molecule has 0 atom stereocenters. The number of fused-ring (bicyclic) bond motifs is 1. The quantitative estimate of drug-likeness (QED) is 0.920. The van der Waals surface area contributed by atoms with Gasteiger partial charge in [-0.05, 0) is 50.2 Å². The van der Waals surface area contributed by atoms with Gasteiger partial charge in [0.25, 0.3) is 5.89 Å². The molecule has 2 aliphatic rings. The van der Waals surface area contributed by atoms with E-state index in [2.05, 4.69) is 16.2 Å². The number of nitrogens with zero attached hydrogens (tertiary/aromatic N) is 2. The first-order valence-electron chi connectivity index (χ1n) is 7.50. The Morgan fingerprint density at radius 3 is 2.75 bits per heavy atom. The summed E-state index contributed by atoms with van der Waals surface area (Å²) in [5, 5.41) is 4.15. The number of rotatable bonds is 2. The van der Waals surface area contributed by atoms with Crippen LogP contribution in [0.25, 0.3) is 10.8 Å². The van der Waals surface area contributed by atoms with Crippen molar-refractivity contribution in [1.82, 2.24) is 10.1 Å². The lowest BCUT2D eigenvalue weighted by molar-refractivity contribution is 0.373. The monoisotopic (exact) mass is 289 g/mol. The number of thiophene rings is 1. The van der Waals surface area contributed by atoms with Crippen LogP contribution in [0.5, 0.6) is 0 Å². The summed E-state index contributed by atoms with van der Waals surface area (Å²) in [5.41, 5.74) is 7.50. The standard InChI is InChI=1S/C15H19N3OS/c16-15(7-3-4-8-15)14-17-13(19-18-14)12-9-10-5-1-2-6-11(10)20-12/h9H,1-8,16H2. The van der Waals surface area contributed by atoms with E-state index in [0.29, 0.717) is 11.7 Å². The van der Waals surface area contributed by atoms with Gasteiger partial charge in [0, 0.05) is 4.88 Å². The molecule has 5 heteroatoms. The maximum atomic E-state index is 6.39. The summed E-state index contributed by atoms with van der Waals surface area (Å²) in [4.78, 5) is 7.19. The van der Waals surface area contributed by atoms with Gasteiger partial charge >= 0.3 is 0 Å². The smallest absolute Gasteiger partial charge is 0.268 e. The van der Waals surface area contributed by atoms with Gasteiger partial charge in [-0.1, -0.05) is 18.0 Å². The van der Waals surface area contributed by atoms with Crippen LogP contribution in [0.15, 0.2) is 10.6 Å². The first-order chi connectivity index (χ1) is 9.74. The van der Waals surface area contributed by atoms with E-state index in [1.54, 1.807) is 11.3 Å². The van der Waals surface area contributed by atoms with Crippen molar-refractivity contribution in [3.63, 3.8) is 0 Å². The van der Waals surface area contributed by atoms with Crippen molar-refractivity contribution in [2.45, 2.75) is 56.9 Å². The van der Waals surface area contributed by atoms with Crippen molar-refractivity contribution in [1.29, 1.82) is 0 Å². The Labute approximate surface area is 122 Å². The Hall–Kier alpha value is -1.20. The fourth-order valence-corrected chi connectivity index (χ4v) is 4.53. The molecule has 0 bridgehead atoms. The molecule has 106 valence electrons. The zero-order valence-corrected chi connectivity index (χ0v) is 12.3. The van der Waals surface area contributed by atoms with Crippen molar-refractivity contribution in [2.24, 2.45) is 5.73 Å². The van der Waals surface area contributed by atoms with Crippen LogP contribution >= 0.6 is 11.3 Å². The van der Waals surface area contributed by atoms with Gasteiger partial charge in [-0.3, -0.25) is 0 Å². The average Bonchev–Trinajstić information content (AvgIpc) is 3.17. The van der Waals surface area contributed by atoms with E-state index < -0.39 is 0 Å². The molecule has 0 aliphatic heterocycles. The second kappa shape index (κ2) is 4.67. The van der Waals surface area contributed by atoms with Crippen molar-refractivity contribution in [2.75, 3.05) is 0 Å². The lowest BCUT2D eigenvalue weighted by Gasteiger charge is -2.17. The molecule has 4 nitrogen and oxygen atoms in total. The number of nitrogens with two attached hydrogens (primary N) is 1. The number of aromatic nitrogens is 2. The summed E-state index contributed by atoms with van der Waals surface area (Å²) in [6, 6.07) is 2.23. The van der Waals surface area contributed by atoms with Crippen molar-refractivity contribution in [3.8, 4) is 10.8 Å². The molecule has 0 unspecified atom stereocenters. The van der Waals surface area contributed by atoms with Crippen LogP contribution in [0, 0.1) is 0 Å². The molecule has 2 aliphatic carbocycles. The van der Waals surface area contributed by atoms with Crippen molar-refractivity contribution < 1.29 is 4.52 Å². The Morgan fingerprint density at radius 1 is 1.15 bits per heavy atom. The molecule has 0 aromatic carbocycles. The lowest BCUT2D eigenvalue weighted by atomic mass is 9.98. The minimum atomic E-state index is -0.362. The molecular weight excluding hydrogens is 270 g/mol. The highest BCUT2D eigenvalue weighted by Crippen LogP contribution is 2.38. The molecular formula is C15H19N3OS. The maximum Gasteiger partial charge on any atom is 0.268 e. The van der Waals surface area contributed by atoms with E-state index in [1.165, 1.54) is 36.1 Å². The molecule has 2 aromatic heterocycles. The zero-order chi connectivity index (χ0) is 13.6. The summed E-state index contributed by atoms with van der Waals surface area (Å²) in [6.45, 7) is 0. The number of aryl methyl sites for hydroxylation is 2. The first-order valence-corrected chi connectivity index (χ1v) is 8.31.